The Labute approximate surface area is 110 Å². The van der Waals surface area contributed by atoms with Gasteiger partial charge in [0.05, 0.1) is 5.60 Å². The van der Waals surface area contributed by atoms with E-state index in [1.165, 1.54) is 43.2 Å². The van der Waals surface area contributed by atoms with Gasteiger partial charge in [-0.1, -0.05) is 44.0 Å². The summed E-state index contributed by atoms with van der Waals surface area (Å²) >= 11 is 0. The SMILES string of the molecule is CCC1CCC(O)(c2cccc(C3CCC3)c2)C1. The molecule has 0 amide bonds. The fourth-order valence-electron chi connectivity index (χ4n) is 3.56. The van der Waals surface area contributed by atoms with Crippen LogP contribution in [0.2, 0.25) is 0 Å². The molecule has 2 fully saturated rings. The van der Waals surface area contributed by atoms with Crippen LogP contribution in [0.1, 0.15) is 68.9 Å². The molecular weight excluding hydrogens is 220 g/mol. The van der Waals surface area contributed by atoms with Crippen molar-refractivity contribution in [2.24, 2.45) is 5.92 Å². The van der Waals surface area contributed by atoms with Gasteiger partial charge in [-0.2, -0.15) is 0 Å². The van der Waals surface area contributed by atoms with Gasteiger partial charge in [-0.25, -0.2) is 0 Å². The molecule has 1 nitrogen and oxygen atoms in total. The minimum absolute atomic E-state index is 0.541. The minimum atomic E-state index is -0.541. The monoisotopic (exact) mass is 244 g/mol. The Morgan fingerprint density at radius 2 is 2.11 bits per heavy atom. The molecule has 0 bridgehead atoms. The molecule has 0 aromatic heterocycles. The molecule has 0 aliphatic heterocycles. The summed E-state index contributed by atoms with van der Waals surface area (Å²) in [6, 6.07) is 8.78. The van der Waals surface area contributed by atoms with E-state index in [-0.39, 0.29) is 0 Å². The zero-order chi connectivity index (χ0) is 12.6. The van der Waals surface area contributed by atoms with Crippen LogP contribution in [0, 0.1) is 5.92 Å². The summed E-state index contributed by atoms with van der Waals surface area (Å²) in [6.07, 6.45) is 8.32. The third kappa shape index (κ3) is 2.09. The molecule has 2 saturated carbocycles. The second kappa shape index (κ2) is 4.70. The van der Waals surface area contributed by atoms with E-state index in [1.54, 1.807) is 0 Å². The molecule has 1 N–H and O–H groups in total. The van der Waals surface area contributed by atoms with Crippen molar-refractivity contribution in [1.29, 1.82) is 0 Å². The van der Waals surface area contributed by atoms with Crippen molar-refractivity contribution in [3.8, 4) is 0 Å². The molecule has 98 valence electrons. The van der Waals surface area contributed by atoms with Crippen LogP contribution in [0.3, 0.4) is 0 Å². The molecule has 18 heavy (non-hydrogen) atoms. The van der Waals surface area contributed by atoms with Crippen molar-refractivity contribution in [3.63, 3.8) is 0 Å². The van der Waals surface area contributed by atoms with E-state index in [4.69, 9.17) is 0 Å². The normalized spacial score (nSPS) is 32.4. The maximum atomic E-state index is 10.9. The topological polar surface area (TPSA) is 20.2 Å². The molecule has 1 aromatic rings. The highest BCUT2D eigenvalue weighted by atomic mass is 16.3. The van der Waals surface area contributed by atoms with Gasteiger partial charge in [0.25, 0.3) is 0 Å². The number of hydrogen-bond acceptors (Lipinski definition) is 1. The molecule has 1 aromatic carbocycles. The number of rotatable bonds is 3. The van der Waals surface area contributed by atoms with Gasteiger partial charge in [-0.05, 0) is 55.1 Å². The maximum Gasteiger partial charge on any atom is 0.0899 e. The van der Waals surface area contributed by atoms with Crippen LogP contribution < -0.4 is 0 Å². The van der Waals surface area contributed by atoms with Crippen LogP contribution in [-0.2, 0) is 5.60 Å². The Hall–Kier alpha value is -0.820. The second-order valence-corrected chi connectivity index (χ2v) is 6.30. The van der Waals surface area contributed by atoms with E-state index in [0.717, 1.165) is 18.8 Å². The summed E-state index contributed by atoms with van der Waals surface area (Å²) in [6.45, 7) is 2.24. The summed E-state index contributed by atoms with van der Waals surface area (Å²) in [5.41, 5.74) is 2.08. The van der Waals surface area contributed by atoms with E-state index in [9.17, 15) is 5.11 Å². The van der Waals surface area contributed by atoms with Gasteiger partial charge >= 0.3 is 0 Å². The third-order valence-corrected chi connectivity index (χ3v) is 5.17. The Bertz CT molecular complexity index is 421. The summed E-state index contributed by atoms with van der Waals surface area (Å²) in [5, 5.41) is 10.9. The van der Waals surface area contributed by atoms with Crippen molar-refractivity contribution < 1.29 is 5.11 Å². The Morgan fingerprint density at radius 3 is 2.72 bits per heavy atom. The van der Waals surface area contributed by atoms with Crippen molar-refractivity contribution in [3.05, 3.63) is 35.4 Å². The molecule has 2 unspecified atom stereocenters. The highest BCUT2D eigenvalue weighted by Crippen LogP contribution is 2.44. The highest BCUT2D eigenvalue weighted by Gasteiger charge is 2.38. The first kappa shape index (κ1) is 12.2. The van der Waals surface area contributed by atoms with E-state index in [0.29, 0.717) is 5.92 Å². The average molecular weight is 244 g/mol. The van der Waals surface area contributed by atoms with Crippen molar-refractivity contribution in [1.82, 2.24) is 0 Å². The zero-order valence-electron chi connectivity index (χ0n) is 11.4. The Morgan fingerprint density at radius 1 is 1.28 bits per heavy atom. The summed E-state index contributed by atoms with van der Waals surface area (Å²) in [5.74, 6) is 1.47. The predicted octanol–water partition coefficient (Wildman–Crippen LogP) is 4.35. The first-order valence-electron chi connectivity index (χ1n) is 7.54. The molecule has 2 aliphatic carbocycles. The van der Waals surface area contributed by atoms with E-state index in [2.05, 4.69) is 31.2 Å². The molecule has 0 radical (unpaired) electrons. The molecule has 3 rings (SSSR count). The lowest BCUT2D eigenvalue weighted by molar-refractivity contribution is 0.0397. The Kier molecular flexibility index (Phi) is 3.19. The molecular formula is C17H24O. The summed E-state index contributed by atoms with van der Waals surface area (Å²) < 4.78 is 0. The highest BCUT2D eigenvalue weighted by molar-refractivity contribution is 5.32. The lowest BCUT2D eigenvalue weighted by Gasteiger charge is -2.29. The Balaban J connectivity index is 1.83. The van der Waals surface area contributed by atoms with E-state index in [1.807, 2.05) is 0 Å². The first-order valence-corrected chi connectivity index (χ1v) is 7.54. The smallest absolute Gasteiger partial charge is 0.0899 e. The molecule has 0 spiro atoms. The quantitative estimate of drug-likeness (QED) is 0.838. The minimum Gasteiger partial charge on any atom is -0.385 e. The van der Waals surface area contributed by atoms with E-state index >= 15 is 0 Å². The van der Waals surface area contributed by atoms with Gasteiger partial charge in [0.2, 0.25) is 0 Å². The largest absolute Gasteiger partial charge is 0.385 e. The predicted molar refractivity (Wildman–Crippen MR) is 74.6 cm³/mol. The maximum absolute atomic E-state index is 10.9. The lowest BCUT2D eigenvalue weighted by atomic mass is 9.78. The first-order chi connectivity index (χ1) is 8.71. The summed E-state index contributed by atoms with van der Waals surface area (Å²) in [7, 11) is 0. The van der Waals surface area contributed by atoms with Gasteiger partial charge in [0.15, 0.2) is 0 Å². The number of aliphatic hydroxyl groups is 1. The van der Waals surface area contributed by atoms with Gasteiger partial charge in [-0.15, -0.1) is 0 Å². The average Bonchev–Trinajstić information content (AvgIpc) is 2.71. The number of hydrogen-bond donors (Lipinski definition) is 1. The van der Waals surface area contributed by atoms with Crippen molar-refractivity contribution >= 4 is 0 Å². The number of benzene rings is 1. The van der Waals surface area contributed by atoms with Crippen LogP contribution >= 0.6 is 0 Å². The molecule has 0 saturated heterocycles. The van der Waals surface area contributed by atoms with Gasteiger partial charge in [0.1, 0.15) is 0 Å². The van der Waals surface area contributed by atoms with Gasteiger partial charge < -0.3 is 5.11 Å². The summed E-state index contributed by atoms with van der Waals surface area (Å²) in [4.78, 5) is 0. The van der Waals surface area contributed by atoms with Crippen molar-refractivity contribution in [2.45, 2.75) is 63.4 Å². The van der Waals surface area contributed by atoms with Crippen LogP contribution in [0.25, 0.3) is 0 Å². The lowest BCUT2D eigenvalue weighted by Crippen LogP contribution is -2.22. The molecule has 0 heterocycles. The van der Waals surface area contributed by atoms with Crippen LogP contribution in [-0.4, -0.2) is 5.11 Å². The molecule has 2 atom stereocenters. The molecule has 2 aliphatic rings. The standard InChI is InChI=1S/C17H24O/c1-2-13-9-10-17(18,12-13)16-8-4-7-15(11-16)14-5-3-6-14/h4,7-8,11,13-14,18H,2-3,5-6,9-10,12H2,1H3. The van der Waals surface area contributed by atoms with E-state index < -0.39 is 5.60 Å². The fraction of sp³-hybridized carbons (Fsp3) is 0.647. The van der Waals surface area contributed by atoms with Gasteiger partial charge in [-0.3, -0.25) is 0 Å². The van der Waals surface area contributed by atoms with Crippen LogP contribution in [0.15, 0.2) is 24.3 Å². The van der Waals surface area contributed by atoms with Gasteiger partial charge in [0, 0.05) is 0 Å². The second-order valence-electron chi connectivity index (χ2n) is 6.30. The fourth-order valence-corrected chi connectivity index (χ4v) is 3.56. The third-order valence-electron chi connectivity index (χ3n) is 5.17. The zero-order valence-corrected chi connectivity index (χ0v) is 11.4. The molecule has 1 heteroatoms. The van der Waals surface area contributed by atoms with Crippen molar-refractivity contribution in [2.75, 3.05) is 0 Å². The van der Waals surface area contributed by atoms with Crippen LogP contribution in [0.4, 0.5) is 0 Å². The van der Waals surface area contributed by atoms with Crippen LogP contribution in [0.5, 0.6) is 0 Å².